The first-order valence-corrected chi connectivity index (χ1v) is 9.61. The third-order valence-electron chi connectivity index (χ3n) is 4.93. The van der Waals surface area contributed by atoms with E-state index in [0.717, 1.165) is 29.5 Å². The highest BCUT2D eigenvalue weighted by Crippen LogP contribution is 2.21. The zero-order valence-electron chi connectivity index (χ0n) is 16.1. The summed E-state index contributed by atoms with van der Waals surface area (Å²) < 4.78 is 1.93. The topological polar surface area (TPSA) is 68.5 Å². The lowest BCUT2D eigenvalue weighted by atomic mass is 10.0. The van der Waals surface area contributed by atoms with Gasteiger partial charge in [-0.2, -0.15) is 5.10 Å². The predicted octanol–water partition coefficient (Wildman–Crippen LogP) is 3.73. The van der Waals surface area contributed by atoms with Crippen LogP contribution in [0.3, 0.4) is 0 Å². The molecular formula is C22H24N4O2. The molecule has 1 N–H and O–H groups in total. The van der Waals surface area contributed by atoms with Crippen molar-refractivity contribution >= 4 is 22.5 Å². The Kier molecular flexibility index (Phi) is 5.10. The van der Waals surface area contributed by atoms with E-state index in [1.807, 2.05) is 41.1 Å². The Morgan fingerprint density at radius 2 is 2.04 bits per heavy atom. The van der Waals surface area contributed by atoms with Gasteiger partial charge in [-0.25, -0.2) is 0 Å². The van der Waals surface area contributed by atoms with Crippen molar-refractivity contribution in [1.82, 2.24) is 15.1 Å². The molecule has 0 radical (unpaired) electrons. The molecule has 1 aliphatic rings. The summed E-state index contributed by atoms with van der Waals surface area (Å²) in [6, 6.07) is 16.2. The van der Waals surface area contributed by atoms with Gasteiger partial charge in [0.2, 0.25) is 0 Å². The summed E-state index contributed by atoms with van der Waals surface area (Å²) >= 11 is 0. The van der Waals surface area contributed by atoms with E-state index in [2.05, 4.69) is 41.6 Å². The van der Waals surface area contributed by atoms with Gasteiger partial charge in [-0.05, 0) is 31.5 Å². The van der Waals surface area contributed by atoms with Crippen molar-refractivity contribution < 1.29 is 9.63 Å². The average Bonchev–Trinajstić information content (AvgIpc) is 3.33. The zero-order chi connectivity index (χ0) is 19.5. The number of rotatable bonds is 6. The van der Waals surface area contributed by atoms with E-state index in [1.54, 1.807) is 6.20 Å². The van der Waals surface area contributed by atoms with Crippen molar-refractivity contribution in [3.05, 3.63) is 65.9 Å². The first-order valence-electron chi connectivity index (χ1n) is 9.61. The molecule has 1 unspecified atom stereocenters. The van der Waals surface area contributed by atoms with Crippen LogP contribution in [0.4, 0.5) is 0 Å². The molecule has 3 aromatic rings. The van der Waals surface area contributed by atoms with Gasteiger partial charge in [0.1, 0.15) is 6.10 Å². The number of carbonyl (C=O) groups is 1. The minimum absolute atomic E-state index is 0.0296. The Balaban J connectivity index is 1.37. The Hall–Kier alpha value is -3.15. The number of amides is 1. The minimum atomic E-state index is -0.122. The van der Waals surface area contributed by atoms with Crippen LogP contribution in [0.1, 0.15) is 42.2 Å². The maximum atomic E-state index is 12.7. The quantitative estimate of drug-likeness (QED) is 0.713. The van der Waals surface area contributed by atoms with E-state index in [1.165, 1.54) is 5.56 Å². The molecule has 0 bridgehead atoms. The molecule has 144 valence electrons. The fraction of sp³-hybridized carbons (Fsp3) is 0.318. The predicted molar refractivity (Wildman–Crippen MR) is 110 cm³/mol. The van der Waals surface area contributed by atoms with E-state index in [9.17, 15) is 4.79 Å². The summed E-state index contributed by atoms with van der Waals surface area (Å²) in [6.07, 6.45) is 3.33. The Morgan fingerprint density at radius 1 is 1.21 bits per heavy atom. The number of benzene rings is 2. The van der Waals surface area contributed by atoms with Crippen LogP contribution in [0.2, 0.25) is 0 Å². The highest BCUT2D eigenvalue weighted by Gasteiger charge is 2.22. The van der Waals surface area contributed by atoms with Crippen molar-refractivity contribution in [3.63, 3.8) is 0 Å². The minimum Gasteiger partial charge on any atom is -0.392 e. The number of nitrogens with one attached hydrogen (secondary N) is 1. The van der Waals surface area contributed by atoms with Crippen LogP contribution in [0, 0.1) is 0 Å². The molecule has 2 heterocycles. The number of carbonyl (C=O) groups excluding carboxylic acids is 1. The first-order chi connectivity index (χ1) is 13.6. The van der Waals surface area contributed by atoms with E-state index in [0.29, 0.717) is 12.1 Å². The number of aromatic nitrogens is 2. The monoisotopic (exact) mass is 376 g/mol. The second kappa shape index (κ2) is 7.84. The van der Waals surface area contributed by atoms with Gasteiger partial charge in [0.15, 0.2) is 0 Å². The van der Waals surface area contributed by atoms with Crippen LogP contribution in [0.15, 0.2) is 59.9 Å². The molecule has 1 atom stereocenters. The van der Waals surface area contributed by atoms with Gasteiger partial charge in [0, 0.05) is 24.3 Å². The van der Waals surface area contributed by atoms with Gasteiger partial charge in [-0.1, -0.05) is 41.6 Å². The second-order valence-electron chi connectivity index (χ2n) is 7.38. The van der Waals surface area contributed by atoms with Crippen LogP contribution >= 0.6 is 0 Å². The van der Waals surface area contributed by atoms with Crippen molar-refractivity contribution in [3.8, 4) is 0 Å². The number of oxime groups is 1. The third kappa shape index (κ3) is 3.76. The molecule has 4 rings (SSSR count). The van der Waals surface area contributed by atoms with Gasteiger partial charge in [0.05, 0.1) is 29.5 Å². The number of hydrogen-bond acceptors (Lipinski definition) is 4. The fourth-order valence-corrected chi connectivity index (χ4v) is 3.53. The molecule has 0 saturated heterocycles. The normalized spacial score (nSPS) is 16.2. The van der Waals surface area contributed by atoms with Crippen LogP contribution in [0.5, 0.6) is 0 Å². The lowest BCUT2D eigenvalue weighted by Crippen LogP contribution is -2.29. The summed E-state index contributed by atoms with van der Waals surface area (Å²) in [7, 11) is 0. The summed E-state index contributed by atoms with van der Waals surface area (Å²) in [5.74, 6) is -0.122. The van der Waals surface area contributed by atoms with Gasteiger partial charge in [-0.15, -0.1) is 0 Å². The molecule has 6 nitrogen and oxygen atoms in total. The Morgan fingerprint density at radius 3 is 2.82 bits per heavy atom. The van der Waals surface area contributed by atoms with Crippen LogP contribution in [-0.4, -0.2) is 34.0 Å². The van der Waals surface area contributed by atoms with Crippen molar-refractivity contribution in [1.29, 1.82) is 0 Å². The molecule has 1 aliphatic heterocycles. The lowest BCUT2D eigenvalue weighted by molar-refractivity contribution is 0.0859. The lowest BCUT2D eigenvalue weighted by Gasteiger charge is -2.09. The standard InChI is InChI=1S/C22H24N4O2/c1-15(2)26-21-10-6-9-19(20(21)14-24-26)22(27)23-13-17-12-18(28-25-17)11-16-7-4-3-5-8-16/h3-10,14-15,18H,11-13H2,1-2H3,(H,23,27). The Bertz CT molecular complexity index is 1010. The van der Waals surface area contributed by atoms with Crippen LogP contribution < -0.4 is 5.32 Å². The number of fused-ring (bicyclic) bond motifs is 1. The van der Waals surface area contributed by atoms with E-state index >= 15 is 0 Å². The Labute approximate surface area is 164 Å². The van der Waals surface area contributed by atoms with Crippen molar-refractivity contribution in [2.24, 2.45) is 5.16 Å². The molecular weight excluding hydrogens is 352 g/mol. The van der Waals surface area contributed by atoms with Gasteiger partial charge >= 0.3 is 0 Å². The molecule has 0 spiro atoms. The summed E-state index contributed by atoms with van der Waals surface area (Å²) in [5, 5.41) is 12.4. The van der Waals surface area contributed by atoms with Gasteiger partial charge in [0.25, 0.3) is 5.91 Å². The molecule has 1 aromatic heterocycles. The molecule has 0 saturated carbocycles. The highest BCUT2D eigenvalue weighted by atomic mass is 16.6. The summed E-state index contributed by atoms with van der Waals surface area (Å²) in [4.78, 5) is 18.3. The van der Waals surface area contributed by atoms with E-state index in [4.69, 9.17) is 4.84 Å². The number of hydrogen-bond donors (Lipinski definition) is 1. The molecule has 0 aliphatic carbocycles. The zero-order valence-corrected chi connectivity index (χ0v) is 16.1. The summed E-state index contributed by atoms with van der Waals surface area (Å²) in [5.41, 5.74) is 3.68. The largest absolute Gasteiger partial charge is 0.392 e. The molecule has 2 aromatic carbocycles. The number of nitrogens with zero attached hydrogens (tertiary/aromatic N) is 3. The van der Waals surface area contributed by atoms with Gasteiger partial charge in [-0.3, -0.25) is 9.48 Å². The maximum absolute atomic E-state index is 12.7. The van der Waals surface area contributed by atoms with Crippen LogP contribution in [-0.2, 0) is 11.3 Å². The third-order valence-corrected chi connectivity index (χ3v) is 4.93. The average molecular weight is 376 g/mol. The van der Waals surface area contributed by atoms with E-state index < -0.39 is 0 Å². The molecule has 1 amide bonds. The van der Waals surface area contributed by atoms with Gasteiger partial charge < -0.3 is 10.2 Å². The second-order valence-corrected chi connectivity index (χ2v) is 7.38. The fourth-order valence-electron chi connectivity index (χ4n) is 3.53. The van der Waals surface area contributed by atoms with E-state index in [-0.39, 0.29) is 18.1 Å². The molecule has 28 heavy (non-hydrogen) atoms. The SMILES string of the molecule is CC(C)n1ncc2c(C(=O)NCC3=NOC(Cc4ccccc4)C3)cccc21. The highest BCUT2D eigenvalue weighted by molar-refractivity contribution is 6.07. The molecule has 6 heteroatoms. The van der Waals surface area contributed by atoms with Crippen molar-refractivity contribution in [2.45, 2.75) is 38.8 Å². The van der Waals surface area contributed by atoms with Crippen molar-refractivity contribution in [2.75, 3.05) is 6.54 Å². The first kappa shape index (κ1) is 18.2. The van der Waals surface area contributed by atoms with Crippen LogP contribution in [0.25, 0.3) is 10.9 Å². The maximum Gasteiger partial charge on any atom is 0.252 e. The summed E-state index contributed by atoms with van der Waals surface area (Å²) in [6.45, 7) is 4.53. The molecule has 0 fully saturated rings. The smallest absolute Gasteiger partial charge is 0.252 e.